The Labute approximate surface area is 164 Å². The molecular formula is C21H26N4O3. The summed E-state index contributed by atoms with van der Waals surface area (Å²) in [7, 11) is 0. The molecule has 7 heteroatoms. The summed E-state index contributed by atoms with van der Waals surface area (Å²) in [6.07, 6.45) is 5.47. The van der Waals surface area contributed by atoms with E-state index in [1.807, 2.05) is 11.0 Å². The van der Waals surface area contributed by atoms with Crippen LogP contribution in [-0.4, -0.2) is 65.9 Å². The number of anilines is 1. The second-order valence-electron chi connectivity index (χ2n) is 7.66. The minimum Gasteiger partial charge on any atom is -0.459 e. The predicted molar refractivity (Wildman–Crippen MR) is 105 cm³/mol. The fourth-order valence-corrected chi connectivity index (χ4v) is 3.98. The highest BCUT2D eigenvalue weighted by Crippen LogP contribution is 2.21. The Bertz CT molecular complexity index is 828. The molecule has 2 saturated heterocycles. The minimum absolute atomic E-state index is 0.0826. The van der Waals surface area contributed by atoms with Gasteiger partial charge in [-0.25, -0.2) is 4.98 Å². The number of likely N-dealkylation sites (tertiary alicyclic amines) is 1. The predicted octanol–water partition coefficient (Wildman–Crippen LogP) is 2.51. The minimum atomic E-state index is -0.0826. The van der Waals surface area contributed by atoms with E-state index in [-0.39, 0.29) is 11.8 Å². The van der Waals surface area contributed by atoms with Crippen LogP contribution in [0.15, 0.2) is 41.1 Å². The lowest BCUT2D eigenvalue weighted by molar-refractivity contribution is 0.0682. The normalized spacial score (nSPS) is 20.3. The summed E-state index contributed by atoms with van der Waals surface area (Å²) in [4.78, 5) is 35.6. The molecule has 0 N–H and O–H groups in total. The van der Waals surface area contributed by atoms with Gasteiger partial charge in [-0.2, -0.15) is 0 Å². The average Bonchev–Trinajstić information content (AvgIpc) is 3.28. The molecule has 2 fully saturated rings. The van der Waals surface area contributed by atoms with Crippen LogP contribution in [0.1, 0.15) is 40.7 Å². The topological polar surface area (TPSA) is 69.9 Å². The van der Waals surface area contributed by atoms with E-state index in [4.69, 9.17) is 4.42 Å². The smallest absolute Gasteiger partial charge is 0.289 e. The van der Waals surface area contributed by atoms with Crippen LogP contribution >= 0.6 is 0 Å². The van der Waals surface area contributed by atoms with Gasteiger partial charge in [-0.3, -0.25) is 9.59 Å². The Morgan fingerprint density at radius 2 is 1.89 bits per heavy atom. The van der Waals surface area contributed by atoms with Crippen molar-refractivity contribution in [3.8, 4) is 0 Å². The maximum Gasteiger partial charge on any atom is 0.289 e. The lowest BCUT2D eigenvalue weighted by Gasteiger charge is -2.35. The average molecular weight is 382 g/mol. The standard InChI is InChI=1S/C21H26N4O3/c1-16-4-2-8-25(15-16)20(26)17-6-7-22-19(14-17)23-9-11-24(12-10-23)21(27)18-5-3-13-28-18/h3,5-7,13-14,16H,2,4,8-12,15H2,1H3. The van der Waals surface area contributed by atoms with Gasteiger partial charge >= 0.3 is 0 Å². The molecule has 0 saturated carbocycles. The molecular weight excluding hydrogens is 356 g/mol. The fourth-order valence-electron chi connectivity index (χ4n) is 3.98. The van der Waals surface area contributed by atoms with Gasteiger partial charge in [0.2, 0.25) is 0 Å². The lowest BCUT2D eigenvalue weighted by atomic mass is 9.99. The molecule has 4 heterocycles. The molecule has 0 spiro atoms. The van der Waals surface area contributed by atoms with Crippen LogP contribution in [0.4, 0.5) is 5.82 Å². The van der Waals surface area contributed by atoms with Gasteiger partial charge in [0.15, 0.2) is 5.76 Å². The Kier molecular flexibility index (Phi) is 5.32. The number of pyridine rings is 1. The Morgan fingerprint density at radius 3 is 2.61 bits per heavy atom. The summed E-state index contributed by atoms with van der Waals surface area (Å²) < 4.78 is 5.21. The van der Waals surface area contributed by atoms with Crippen molar-refractivity contribution in [3.05, 3.63) is 48.0 Å². The number of carbonyl (C=O) groups excluding carboxylic acids is 2. The van der Waals surface area contributed by atoms with Gasteiger partial charge in [0.25, 0.3) is 11.8 Å². The van der Waals surface area contributed by atoms with Crippen molar-refractivity contribution in [1.82, 2.24) is 14.8 Å². The first-order chi connectivity index (χ1) is 13.6. The monoisotopic (exact) mass is 382 g/mol. The van der Waals surface area contributed by atoms with Crippen molar-refractivity contribution < 1.29 is 14.0 Å². The second-order valence-corrected chi connectivity index (χ2v) is 7.66. The second kappa shape index (κ2) is 8.04. The molecule has 1 unspecified atom stereocenters. The van der Waals surface area contributed by atoms with E-state index >= 15 is 0 Å². The van der Waals surface area contributed by atoms with Gasteiger partial charge in [-0.15, -0.1) is 0 Å². The van der Waals surface area contributed by atoms with Crippen molar-refractivity contribution in [2.24, 2.45) is 5.92 Å². The molecule has 7 nitrogen and oxygen atoms in total. The zero-order valence-electron chi connectivity index (χ0n) is 16.2. The maximum atomic E-state index is 12.9. The molecule has 2 aliphatic heterocycles. The number of hydrogen-bond donors (Lipinski definition) is 0. The summed E-state index contributed by atoms with van der Waals surface area (Å²) in [5, 5.41) is 0. The molecule has 28 heavy (non-hydrogen) atoms. The third-order valence-corrected chi connectivity index (χ3v) is 5.56. The zero-order valence-corrected chi connectivity index (χ0v) is 16.2. The number of piperazine rings is 1. The third-order valence-electron chi connectivity index (χ3n) is 5.56. The van der Waals surface area contributed by atoms with Crippen LogP contribution in [-0.2, 0) is 0 Å². The number of amides is 2. The van der Waals surface area contributed by atoms with Gasteiger partial charge in [0, 0.05) is 51.0 Å². The van der Waals surface area contributed by atoms with Crippen LogP contribution in [0.5, 0.6) is 0 Å². The summed E-state index contributed by atoms with van der Waals surface area (Å²) in [5.74, 6) is 1.72. The van der Waals surface area contributed by atoms with E-state index in [2.05, 4.69) is 16.8 Å². The van der Waals surface area contributed by atoms with Crippen molar-refractivity contribution in [2.45, 2.75) is 19.8 Å². The fraction of sp³-hybridized carbons (Fsp3) is 0.476. The molecule has 0 bridgehead atoms. The first-order valence-electron chi connectivity index (χ1n) is 9.95. The highest BCUT2D eigenvalue weighted by Gasteiger charge is 2.26. The van der Waals surface area contributed by atoms with Gasteiger partial charge in [-0.05, 0) is 43.0 Å². The van der Waals surface area contributed by atoms with Crippen LogP contribution in [0, 0.1) is 5.92 Å². The van der Waals surface area contributed by atoms with E-state index in [1.165, 1.54) is 12.7 Å². The van der Waals surface area contributed by atoms with Gasteiger partial charge in [0.05, 0.1) is 6.26 Å². The number of aromatic nitrogens is 1. The highest BCUT2D eigenvalue weighted by atomic mass is 16.3. The van der Waals surface area contributed by atoms with Crippen molar-refractivity contribution in [3.63, 3.8) is 0 Å². The molecule has 2 aromatic rings. The van der Waals surface area contributed by atoms with E-state index in [0.29, 0.717) is 43.4 Å². The number of hydrogen-bond acceptors (Lipinski definition) is 5. The quantitative estimate of drug-likeness (QED) is 0.816. The molecule has 0 aliphatic carbocycles. The van der Waals surface area contributed by atoms with Gasteiger partial charge in [0.1, 0.15) is 5.82 Å². The SMILES string of the molecule is CC1CCCN(C(=O)c2ccnc(N3CCN(C(=O)c4ccco4)CC3)c2)C1. The van der Waals surface area contributed by atoms with Crippen molar-refractivity contribution in [2.75, 3.05) is 44.2 Å². The largest absolute Gasteiger partial charge is 0.459 e. The Morgan fingerprint density at radius 1 is 1.07 bits per heavy atom. The third kappa shape index (κ3) is 3.88. The molecule has 0 aromatic carbocycles. The molecule has 2 aromatic heterocycles. The van der Waals surface area contributed by atoms with Crippen LogP contribution in [0.3, 0.4) is 0 Å². The van der Waals surface area contributed by atoms with E-state index in [1.54, 1.807) is 29.3 Å². The maximum absolute atomic E-state index is 12.9. The van der Waals surface area contributed by atoms with Gasteiger partial charge < -0.3 is 19.1 Å². The Balaban J connectivity index is 1.40. The molecule has 1 atom stereocenters. The Hall–Kier alpha value is -2.83. The van der Waals surface area contributed by atoms with E-state index < -0.39 is 0 Å². The van der Waals surface area contributed by atoms with Crippen molar-refractivity contribution in [1.29, 1.82) is 0 Å². The van der Waals surface area contributed by atoms with Crippen molar-refractivity contribution >= 4 is 17.6 Å². The lowest BCUT2D eigenvalue weighted by Crippen LogP contribution is -2.49. The molecule has 4 rings (SSSR count). The molecule has 2 aliphatic rings. The van der Waals surface area contributed by atoms with E-state index in [0.717, 1.165) is 25.3 Å². The first-order valence-corrected chi connectivity index (χ1v) is 9.95. The van der Waals surface area contributed by atoms with Crippen LogP contribution in [0.2, 0.25) is 0 Å². The highest BCUT2D eigenvalue weighted by molar-refractivity contribution is 5.95. The summed E-state index contributed by atoms with van der Waals surface area (Å²) in [6.45, 7) is 6.40. The number of furan rings is 1. The van der Waals surface area contributed by atoms with Gasteiger partial charge in [-0.1, -0.05) is 6.92 Å². The summed E-state index contributed by atoms with van der Waals surface area (Å²) in [6, 6.07) is 7.08. The number of piperidine rings is 1. The van der Waals surface area contributed by atoms with E-state index in [9.17, 15) is 9.59 Å². The van der Waals surface area contributed by atoms with Crippen LogP contribution in [0.25, 0.3) is 0 Å². The zero-order chi connectivity index (χ0) is 19.5. The van der Waals surface area contributed by atoms with Crippen LogP contribution < -0.4 is 4.90 Å². The molecule has 2 amide bonds. The summed E-state index contributed by atoms with van der Waals surface area (Å²) >= 11 is 0. The number of nitrogens with zero attached hydrogens (tertiary/aromatic N) is 4. The molecule has 0 radical (unpaired) electrons. The number of rotatable bonds is 3. The first kappa shape index (κ1) is 18.5. The summed E-state index contributed by atoms with van der Waals surface area (Å²) in [5.41, 5.74) is 0.688. The molecule has 148 valence electrons. The number of carbonyl (C=O) groups is 2.